The number of carbonyl (C=O) groups excluding carboxylic acids is 2. The summed E-state index contributed by atoms with van der Waals surface area (Å²) in [7, 11) is 0. The molecule has 110 valence electrons. The van der Waals surface area contributed by atoms with E-state index >= 15 is 0 Å². The van der Waals surface area contributed by atoms with E-state index in [0.29, 0.717) is 18.8 Å². The van der Waals surface area contributed by atoms with Gasteiger partial charge in [-0.3, -0.25) is 19.3 Å². The fraction of sp³-hybridized carbons (Fsp3) is 0.286. The smallest absolute Gasteiger partial charge is 0.313 e. The Bertz CT molecular complexity index is 636. The van der Waals surface area contributed by atoms with E-state index < -0.39 is 11.8 Å². The standard InChI is InChI=1S/C14H17N5O2/c1-10-9-11(2)19(18-10)8-7-16-13(20)14(21)17-12-3-5-15-6-4-12/h3-6,9H,7-8H2,1-2H3,(H,16,20)(H,15,17,21). The van der Waals surface area contributed by atoms with E-state index in [0.717, 1.165) is 11.4 Å². The molecule has 0 bridgehead atoms. The molecule has 2 aromatic heterocycles. The Balaban J connectivity index is 1.79. The summed E-state index contributed by atoms with van der Waals surface area (Å²) in [5.41, 5.74) is 2.47. The maximum absolute atomic E-state index is 11.7. The number of nitrogens with one attached hydrogen (secondary N) is 2. The molecule has 2 amide bonds. The van der Waals surface area contributed by atoms with Gasteiger partial charge in [0.1, 0.15) is 0 Å². The zero-order valence-corrected chi connectivity index (χ0v) is 12.0. The maximum Gasteiger partial charge on any atom is 0.313 e. The van der Waals surface area contributed by atoms with Crippen molar-refractivity contribution < 1.29 is 9.59 Å². The van der Waals surface area contributed by atoms with E-state index in [2.05, 4.69) is 20.7 Å². The van der Waals surface area contributed by atoms with Crippen molar-refractivity contribution in [3.63, 3.8) is 0 Å². The molecule has 0 spiro atoms. The minimum Gasteiger partial charge on any atom is -0.346 e. The Morgan fingerprint density at radius 3 is 2.52 bits per heavy atom. The number of pyridine rings is 1. The Morgan fingerprint density at radius 1 is 1.19 bits per heavy atom. The molecule has 2 N–H and O–H groups in total. The minimum atomic E-state index is -0.699. The summed E-state index contributed by atoms with van der Waals surface area (Å²) >= 11 is 0. The monoisotopic (exact) mass is 287 g/mol. The van der Waals surface area contributed by atoms with Crippen molar-refractivity contribution in [1.82, 2.24) is 20.1 Å². The number of hydrogen-bond donors (Lipinski definition) is 2. The van der Waals surface area contributed by atoms with Crippen LogP contribution in [0.1, 0.15) is 11.4 Å². The van der Waals surface area contributed by atoms with Crippen molar-refractivity contribution in [3.8, 4) is 0 Å². The first-order valence-electron chi connectivity index (χ1n) is 6.56. The van der Waals surface area contributed by atoms with Crippen LogP contribution < -0.4 is 10.6 Å². The largest absolute Gasteiger partial charge is 0.346 e. The van der Waals surface area contributed by atoms with Crippen LogP contribution in [-0.4, -0.2) is 33.1 Å². The number of nitrogens with zero attached hydrogens (tertiary/aromatic N) is 3. The summed E-state index contributed by atoms with van der Waals surface area (Å²) in [6, 6.07) is 5.18. The van der Waals surface area contributed by atoms with Crippen LogP contribution >= 0.6 is 0 Å². The molecular formula is C14H17N5O2. The van der Waals surface area contributed by atoms with Gasteiger partial charge in [-0.25, -0.2) is 0 Å². The molecule has 0 unspecified atom stereocenters. The Kier molecular flexibility index (Phi) is 4.65. The third-order valence-corrected chi connectivity index (χ3v) is 2.86. The molecule has 7 heteroatoms. The third kappa shape index (κ3) is 4.13. The van der Waals surface area contributed by atoms with E-state index in [9.17, 15) is 9.59 Å². The number of amides is 2. The molecule has 2 rings (SSSR count). The van der Waals surface area contributed by atoms with E-state index in [1.807, 2.05) is 19.9 Å². The second-order valence-electron chi connectivity index (χ2n) is 4.60. The molecule has 21 heavy (non-hydrogen) atoms. The number of anilines is 1. The van der Waals surface area contributed by atoms with Crippen LogP contribution in [0.2, 0.25) is 0 Å². The van der Waals surface area contributed by atoms with Crippen LogP contribution in [0.25, 0.3) is 0 Å². The van der Waals surface area contributed by atoms with E-state index in [4.69, 9.17) is 0 Å². The number of carbonyl (C=O) groups is 2. The van der Waals surface area contributed by atoms with Gasteiger partial charge in [-0.2, -0.15) is 5.10 Å². The van der Waals surface area contributed by atoms with Crippen molar-refractivity contribution in [2.24, 2.45) is 0 Å². The first-order chi connectivity index (χ1) is 10.1. The summed E-state index contributed by atoms with van der Waals surface area (Å²) in [6.07, 6.45) is 3.08. The van der Waals surface area contributed by atoms with Crippen LogP contribution in [0.15, 0.2) is 30.6 Å². The second-order valence-corrected chi connectivity index (χ2v) is 4.60. The Morgan fingerprint density at radius 2 is 1.90 bits per heavy atom. The topological polar surface area (TPSA) is 88.9 Å². The highest BCUT2D eigenvalue weighted by atomic mass is 16.2. The van der Waals surface area contributed by atoms with Gasteiger partial charge in [0.05, 0.1) is 12.2 Å². The van der Waals surface area contributed by atoms with Crippen molar-refractivity contribution in [2.45, 2.75) is 20.4 Å². The Hall–Kier alpha value is -2.70. The molecular weight excluding hydrogens is 270 g/mol. The van der Waals surface area contributed by atoms with Gasteiger partial charge in [-0.05, 0) is 32.0 Å². The molecule has 0 aliphatic rings. The maximum atomic E-state index is 11.7. The summed E-state index contributed by atoms with van der Waals surface area (Å²) in [6.45, 7) is 4.71. The van der Waals surface area contributed by atoms with Crippen molar-refractivity contribution in [1.29, 1.82) is 0 Å². The fourth-order valence-corrected chi connectivity index (χ4v) is 1.88. The average molecular weight is 287 g/mol. The molecule has 2 aromatic rings. The van der Waals surface area contributed by atoms with Gasteiger partial charge in [0, 0.05) is 30.3 Å². The quantitative estimate of drug-likeness (QED) is 0.808. The molecule has 0 aliphatic heterocycles. The number of rotatable bonds is 4. The summed E-state index contributed by atoms with van der Waals surface area (Å²) in [5.74, 6) is -1.37. The predicted octanol–water partition coefficient (Wildman–Crippen LogP) is 0.650. The van der Waals surface area contributed by atoms with Crippen LogP contribution in [0, 0.1) is 13.8 Å². The second kappa shape index (κ2) is 6.65. The highest BCUT2D eigenvalue weighted by molar-refractivity contribution is 6.39. The predicted molar refractivity (Wildman–Crippen MR) is 77.6 cm³/mol. The van der Waals surface area contributed by atoms with E-state index in [1.54, 1.807) is 16.8 Å². The lowest BCUT2D eigenvalue weighted by molar-refractivity contribution is -0.136. The average Bonchev–Trinajstić information content (AvgIpc) is 2.78. The summed E-state index contributed by atoms with van der Waals surface area (Å²) in [4.78, 5) is 27.1. The molecule has 0 atom stereocenters. The first kappa shape index (κ1) is 14.7. The van der Waals surface area contributed by atoms with Gasteiger partial charge in [-0.1, -0.05) is 0 Å². The number of aromatic nitrogens is 3. The Labute approximate surface area is 122 Å². The molecule has 0 aliphatic carbocycles. The minimum absolute atomic E-state index is 0.338. The SMILES string of the molecule is Cc1cc(C)n(CCNC(=O)C(=O)Nc2ccncc2)n1. The molecule has 7 nitrogen and oxygen atoms in total. The molecule has 0 radical (unpaired) electrons. The van der Waals surface area contributed by atoms with Crippen LogP contribution in [0.5, 0.6) is 0 Å². The summed E-state index contributed by atoms with van der Waals surface area (Å²) in [5, 5.41) is 9.33. The molecule has 0 saturated heterocycles. The van der Waals surface area contributed by atoms with Gasteiger partial charge < -0.3 is 10.6 Å². The van der Waals surface area contributed by atoms with Crippen LogP contribution in [0.3, 0.4) is 0 Å². The highest BCUT2D eigenvalue weighted by Gasteiger charge is 2.13. The lowest BCUT2D eigenvalue weighted by Gasteiger charge is -2.07. The third-order valence-electron chi connectivity index (χ3n) is 2.86. The molecule has 0 aromatic carbocycles. The van der Waals surface area contributed by atoms with Gasteiger partial charge >= 0.3 is 11.8 Å². The van der Waals surface area contributed by atoms with Gasteiger partial charge in [0.15, 0.2) is 0 Å². The van der Waals surface area contributed by atoms with E-state index in [-0.39, 0.29) is 0 Å². The van der Waals surface area contributed by atoms with Gasteiger partial charge in [-0.15, -0.1) is 0 Å². The zero-order valence-electron chi connectivity index (χ0n) is 12.0. The van der Waals surface area contributed by atoms with E-state index in [1.165, 1.54) is 12.4 Å². The number of aryl methyl sites for hydroxylation is 2. The van der Waals surface area contributed by atoms with Gasteiger partial charge in [0.2, 0.25) is 0 Å². The normalized spacial score (nSPS) is 10.2. The van der Waals surface area contributed by atoms with Crippen molar-refractivity contribution in [3.05, 3.63) is 42.0 Å². The van der Waals surface area contributed by atoms with Crippen LogP contribution in [-0.2, 0) is 16.1 Å². The highest BCUT2D eigenvalue weighted by Crippen LogP contribution is 2.03. The van der Waals surface area contributed by atoms with Crippen LogP contribution in [0.4, 0.5) is 5.69 Å². The molecule has 2 heterocycles. The zero-order chi connectivity index (χ0) is 15.2. The summed E-state index contributed by atoms with van der Waals surface area (Å²) < 4.78 is 1.79. The fourth-order valence-electron chi connectivity index (χ4n) is 1.88. The molecule has 0 fully saturated rings. The van der Waals surface area contributed by atoms with Crippen molar-refractivity contribution in [2.75, 3.05) is 11.9 Å². The van der Waals surface area contributed by atoms with Gasteiger partial charge in [0.25, 0.3) is 0 Å². The lowest BCUT2D eigenvalue weighted by atomic mass is 10.4. The molecule has 0 saturated carbocycles. The lowest BCUT2D eigenvalue weighted by Crippen LogP contribution is -2.37. The number of hydrogen-bond acceptors (Lipinski definition) is 4. The van der Waals surface area contributed by atoms with Crippen molar-refractivity contribution >= 4 is 17.5 Å². The first-order valence-corrected chi connectivity index (χ1v) is 6.56.